The van der Waals surface area contributed by atoms with Crippen LogP contribution < -0.4 is 10.0 Å². The molecule has 1 heterocycles. The molecule has 2 N–H and O–H groups in total. The highest BCUT2D eigenvalue weighted by atomic mass is 79.9. The first-order chi connectivity index (χ1) is 9.76. The highest BCUT2D eigenvalue weighted by Crippen LogP contribution is 2.33. The van der Waals surface area contributed by atoms with Crippen molar-refractivity contribution in [3.8, 4) is 0 Å². The van der Waals surface area contributed by atoms with E-state index in [1.54, 1.807) is 12.1 Å². The molecule has 0 aromatic heterocycles. The van der Waals surface area contributed by atoms with Gasteiger partial charge in [0, 0.05) is 23.6 Å². The van der Waals surface area contributed by atoms with Crippen LogP contribution in [0.5, 0.6) is 0 Å². The maximum absolute atomic E-state index is 11.1. The van der Waals surface area contributed by atoms with Crippen molar-refractivity contribution in [3.63, 3.8) is 0 Å². The zero-order valence-electron chi connectivity index (χ0n) is 11.2. The first-order valence-corrected chi connectivity index (χ1v) is 8.96. The number of hydrogen-bond acceptors (Lipinski definition) is 5. The standard InChI is InChI=1S/C12H16BrN3O4S/c13-10-1-2-11(12(7-10)16(17)18)15-5-3-9(4-6-15)8-21(14,19)20/h1-2,7,9H,3-6,8H2,(H2,14,19,20). The van der Waals surface area contributed by atoms with Crippen molar-refractivity contribution in [3.05, 3.63) is 32.8 Å². The van der Waals surface area contributed by atoms with Gasteiger partial charge in [0.2, 0.25) is 10.0 Å². The molecule has 1 aromatic rings. The molecule has 116 valence electrons. The third-order valence-electron chi connectivity index (χ3n) is 3.56. The van der Waals surface area contributed by atoms with Gasteiger partial charge in [0.1, 0.15) is 5.69 Å². The number of piperidine rings is 1. The molecule has 7 nitrogen and oxygen atoms in total. The van der Waals surface area contributed by atoms with E-state index < -0.39 is 14.9 Å². The first kappa shape index (κ1) is 16.2. The monoisotopic (exact) mass is 377 g/mol. The van der Waals surface area contributed by atoms with Crippen LogP contribution >= 0.6 is 15.9 Å². The fourth-order valence-corrected chi connectivity index (χ4v) is 3.92. The lowest BCUT2D eigenvalue weighted by atomic mass is 9.98. The van der Waals surface area contributed by atoms with Crippen LogP contribution in [0.4, 0.5) is 11.4 Å². The molecule has 0 bridgehead atoms. The lowest BCUT2D eigenvalue weighted by Gasteiger charge is -2.32. The molecule has 0 saturated carbocycles. The summed E-state index contributed by atoms with van der Waals surface area (Å²) in [6, 6.07) is 4.95. The predicted molar refractivity (Wildman–Crippen MR) is 83.7 cm³/mol. The molecule has 2 rings (SSSR count). The van der Waals surface area contributed by atoms with Crippen molar-refractivity contribution >= 4 is 37.3 Å². The summed E-state index contributed by atoms with van der Waals surface area (Å²) in [6.07, 6.45) is 1.31. The van der Waals surface area contributed by atoms with Crippen LogP contribution in [0.1, 0.15) is 12.8 Å². The fourth-order valence-electron chi connectivity index (χ4n) is 2.58. The molecule has 0 radical (unpaired) electrons. The minimum absolute atomic E-state index is 0.0192. The maximum Gasteiger partial charge on any atom is 0.293 e. The van der Waals surface area contributed by atoms with Gasteiger partial charge in [-0.25, -0.2) is 13.6 Å². The predicted octanol–water partition coefficient (Wildman–Crippen LogP) is 1.86. The Balaban J connectivity index is 2.11. The topological polar surface area (TPSA) is 107 Å². The lowest BCUT2D eigenvalue weighted by Crippen LogP contribution is -2.37. The first-order valence-electron chi connectivity index (χ1n) is 6.45. The van der Waals surface area contributed by atoms with Gasteiger partial charge < -0.3 is 4.90 Å². The van der Waals surface area contributed by atoms with Crippen LogP contribution in [-0.2, 0) is 10.0 Å². The SMILES string of the molecule is NS(=O)(=O)CC1CCN(c2ccc(Br)cc2[N+](=O)[O-])CC1. The van der Waals surface area contributed by atoms with Gasteiger partial charge >= 0.3 is 0 Å². The summed E-state index contributed by atoms with van der Waals surface area (Å²) in [4.78, 5) is 12.6. The van der Waals surface area contributed by atoms with Gasteiger partial charge in [-0.1, -0.05) is 15.9 Å². The Morgan fingerprint density at radius 3 is 2.52 bits per heavy atom. The Labute approximate surface area is 131 Å². The molecule has 0 aliphatic carbocycles. The summed E-state index contributed by atoms with van der Waals surface area (Å²) in [5.41, 5.74) is 0.617. The van der Waals surface area contributed by atoms with Gasteiger partial charge in [0.25, 0.3) is 5.69 Å². The van der Waals surface area contributed by atoms with E-state index in [4.69, 9.17) is 5.14 Å². The zero-order chi connectivity index (χ0) is 15.6. The van der Waals surface area contributed by atoms with Gasteiger partial charge in [-0.15, -0.1) is 0 Å². The van der Waals surface area contributed by atoms with E-state index in [0.29, 0.717) is 36.1 Å². The molecule has 21 heavy (non-hydrogen) atoms. The van der Waals surface area contributed by atoms with Crippen molar-refractivity contribution in [2.45, 2.75) is 12.8 Å². The van der Waals surface area contributed by atoms with Gasteiger partial charge in [0.05, 0.1) is 10.7 Å². The molecular weight excluding hydrogens is 362 g/mol. The van der Waals surface area contributed by atoms with Crippen LogP contribution in [0.25, 0.3) is 0 Å². The van der Waals surface area contributed by atoms with E-state index in [2.05, 4.69) is 15.9 Å². The number of sulfonamides is 1. The average molecular weight is 378 g/mol. The van der Waals surface area contributed by atoms with Crippen LogP contribution in [-0.4, -0.2) is 32.2 Å². The minimum Gasteiger partial charge on any atom is -0.366 e. The van der Waals surface area contributed by atoms with E-state index in [-0.39, 0.29) is 17.4 Å². The normalized spacial score (nSPS) is 17.0. The molecule has 0 atom stereocenters. The zero-order valence-corrected chi connectivity index (χ0v) is 13.6. The molecule has 0 unspecified atom stereocenters. The molecule has 1 fully saturated rings. The number of nitro groups is 1. The van der Waals surface area contributed by atoms with Gasteiger partial charge in [0.15, 0.2) is 0 Å². The minimum atomic E-state index is -3.47. The van der Waals surface area contributed by atoms with Crippen LogP contribution in [0.3, 0.4) is 0 Å². The molecule has 1 saturated heterocycles. The van der Waals surface area contributed by atoms with E-state index in [0.717, 1.165) is 0 Å². The number of benzene rings is 1. The van der Waals surface area contributed by atoms with Gasteiger partial charge in [-0.3, -0.25) is 10.1 Å². The van der Waals surface area contributed by atoms with Gasteiger partial charge in [-0.05, 0) is 30.9 Å². The highest BCUT2D eigenvalue weighted by molar-refractivity contribution is 9.10. The molecule has 0 spiro atoms. The highest BCUT2D eigenvalue weighted by Gasteiger charge is 2.26. The third-order valence-corrected chi connectivity index (χ3v) is 4.99. The van der Waals surface area contributed by atoms with E-state index in [9.17, 15) is 18.5 Å². The summed E-state index contributed by atoms with van der Waals surface area (Å²) in [6.45, 7) is 1.17. The Kier molecular flexibility index (Phi) is 4.84. The number of halogens is 1. The van der Waals surface area contributed by atoms with E-state index in [1.165, 1.54) is 6.07 Å². The van der Waals surface area contributed by atoms with Crippen LogP contribution in [0.15, 0.2) is 22.7 Å². The summed E-state index contributed by atoms with van der Waals surface area (Å²) >= 11 is 3.23. The Hall–Kier alpha value is -1.19. The number of nitrogens with zero attached hydrogens (tertiary/aromatic N) is 2. The van der Waals surface area contributed by atoms with Crippen LogP contribution in [0, 0.1) is 16.0 Å². The maximum atomic E-state index is 11.1. The van der Waals surface area contributed by atoms with Crippen molar-refractivity contribution in [2.75, 3.05) is 23.7 Å². The number of rotatable bonds is 4. The summed E-state index contributed by atoms with van der Waals surface area (Å²) in [5, 5.41) is 16.2. The Bertz CT molecular complexity index is 642. The average Bonchev–Trinajstić information content (AvgIpc) is 2.38. The fraction of sp³-hybridized carbons (Fsp3) is 0.500. The molecule has 1 aliphatic heterocycles. The molecular formula is C12H16BrN3O4S. The number of nitro benzene ring substituents is 1. The number of nitrogens with two attached hydrogens (primary N) is 1. The van der Waals surface area contributed by atoms with Crippen LogP contribution in [0.2, 0.25) is 0 Å². The van der Waals surface area contributed by atoms with Crippen molar-refractivity contribution < 1.29 is 13.3 Å². The van der Waals surface area contributed by atoms with E-state index in [1.807, 2.05) is 4.90 Å². The molecule has 9 heteroatoms. The second-order valence-electron chi connectivity index (χ2n) is 5.15. The quantitative estimate of drug-likeness (QED) is 0.636. The number of hydrogen-bond donors (Lipinski definition) is 1. The Morgan fingerprint density at radius 2 is 2.00 bits per heavy atom. The largest absolute Gasteiger partial charge is 0.366 e. The Morgan fingerprint density at radius 1 is 1.38 bits per heavy atom. The smallest absolute Gasteiger partial charge is 0.293 e. The van der Waals surface area contributed by atoms with Crippen molar-refractivity contribution in [2.24, 2.45) is 11.1 Å². The van der Waals surface area contributed by atoms with Gasteiger partial charge in [-0.2, -0.15) is 0 Å². The molecule has 1 aliphatic rings. The lowest BCUT2D eigenvalue weighted by molar-refractivity contribution is -0.384. The van der Waals surface area contributed by atoms with Crippen molar-refractivity contribution in [1.82, 2.24) is 0 Å². The summed E-state index contributed by atoms with van der Waals surface area (Å²) in [7, 11) is -3.47. The summed E-state index contributed by atoms with van der Waals surface area (Å²) < 4.78 is 22.9. The van der Waals surface area contributed by atoms with E-state index >= 15 is 0 Å². The second kappa shape index (κ2) is 6.29. The summed E-state index contributed by atoms with van der Waals surface area (Å²) in [5.74, 6) is -0.00532. The third kappa shape index (κ3) is 4.39. The number of anilines is 1. The molecule has 1 aromatic carbocycles. The second-order valence-corrected chi connectivity index (χ2v) is 7.72. The number of primary sulfonamides is 1. The molecule has 0 amide bonds. The van der Waals surface area contributed by atoms with Crippen molar-refractivity contribution in [1.29, 1.82) is 0 Å².